The molecule has 0 radical (unpaired) electrons. The molecule has 0 bridgehead atoms. The van der Waals surface area contributed by atoms with Crippen LogP contribution in [-0.4, -0.2) is 28.1 Å². The highest BCUT2D eigenvalue weighted by molar-refractivity contribution is 7.20. The van der Waals surface area contributed by atoms with E-state index in [1.807, 2.05) is 13.1 Å². The van der Waals surface area contributed by atoms with Crippen LogP contribution < -0.4 is 10.6 Å². The van der Waals surface area contributed by atoms with E-state index in [0.29, 0.717) is 29.8 Å². The molecule has 6 nitrogen and oxygen atoms in total. The maximum absolute atomic E-state index is 12.3. The first-order chi connectivity index (χ1) is 11.8. The number of carbonyl (C=O) groups is 2. The first kappa shape index (κ1) is 17.9. The molecule has 2 heterocycles. The van der Waals surface area contributed by atoms with Gasteiger partial charge in [0, 0.05) is 24.9 Å². The van der Waals surface area contributed by atoms with E-state index in [4.69, 9.17) is 0 Å². The van der Waals surface area contributed by atoms with Crippen molar-refractivity contribution >= 4 is 33.4 Å². The molecule has 1 fully saturated rings. The number of hydrogen-bond donors (Lipinski definition) is 2. The molecule has 0 spiro atoms. The Morgan fingerprint density at radius 2 is 2.08 bits per heavy atom. The van der Waals surface area contributed by atoms with Crippen LogP contribution in [0.2, 0.25) is 0 Å². The lowest BCUT2D eigenvalue weighted by atomic mass is 9.76. The highest BCUT2D eigenvalue weighted by atomic mass is 32.1. The van der Waals surface area contributed by atoms with Crippen LogP contribution in [0.4, 0.5) is 0 Å². The molecule has 1 saturated carbocycles. The van der Waals surface area contributed by atoms with Gasteiger partial charge in [0.05, 0.1) is 17.1 Å². The largest absolute Gasteiger partial charge is 0.351 e. The summed E-state index contributed by atoms with van der Waals surface area (Å²) in [4.78, 5) is 26.1. The zero-order chi connectivity index (χ0) is 18.1. The number of rotatable bonds is 6. The van der Waals surface area contributed by atoms with E-state index in [9.17, 15) is 9.59 Å². The quantitative estimate of drug-likeness (QED) is 0.829. The van der Waals surface area contributed by atoms with E-state index < -0.39 is 0 Å². The van der Waals surface area contributed by atoms with Crippen molar-refractivity contribution in [2.24, 2.45) is 24.8 Å². The molecule has 0 aromatic carbocycles. The Balaban J connectivity index is 1.69. The molecule has 0 atom stereocenters. The van der Waals surface area contributed by atoms with Gasteiger partial charge < -0.3 is 10.6 Å². The Kier molecular flexibility index (Phi) is 5.13. The van der Waals surface area contributed by atoms with Gasteiger partial charge in [-0.15, -0.1) is 11.3 Å². The number of aryl methyl sites for hydroxylation is 1. The summed E-state index contributed by atoms with van der Waals surface area (Å²) in [5.74, 6) is 1.28. The molecular weight excluding hydrogens is 336 g/mol. The van der Waals surface area contributed by atoms with E-state index >= 15 is 0 Å². The fourth-order valence-electron chi connectivity index (χ4n) is 3.17. The number of thiophene rings is 1. The van der Waals surface area contributed by atoms with Crippen LogP contribution in [0.15, 0.2) is 6.07 Å². The van der Waals surface area contributed by atoms with Crippen molar-refractivity contribution in [3.05, 3.63) is 16.6 Å². The van der Waals surface area contributed by atoms with Crippen molar-refractivity contribution in [2.75, 3.05) is 6.54 Å². The summed E-state index contributed by atoms with van der Waals surface area (Å²) in [7, 11) is 1.87. The van der Waals surface area contributed by atoms with Gasteiger partial charge in [0.15, 0.2) is 0 Å². The fraction of sp³-hybridized carbons (Fsp3) is 0.611. The minimum Gasteiger partial charge on any atom is -0.351 e. The smallest absolute Gasteiger partial charge is 0.261 e. The third kappa shape index (κ3) is 3.86. The molecule has 2 aromatic rings. The number of carbonyl (C=O) groups excluding carboxylic acids is 2. The van der Waals surface area contributed by atoms with Gasteiger partial charge in [-0.05, 0) is 30.7 Å². The lowest BCUT2D eigenvalue weighted by molar-refractivity contribution is -0.129. The SMILES string of the molecule is CC(C)CNC(=O)c1cc2c(CNC(=O)C3CC(C)C3)nn(C)c2s1. The van der Waals surface area contributed by atoms with Gasteiger partial charge in [0.2, 0.25) is 5.91 Å². The standard InChI is InChI=1S/C18H26N4O2S/c1-10(2)8-19-17(24)15-7-13-14(21-22(4)18(13)25-15)9-20-16(23)12-5-11(3)6-12/h7,10-12H,5-6,8-9H2,1-4H3,(H,19,24)(H,20,23). The molecular formula is C18H26N4O2S. The molecule has 1 aliphatic carbocycles. The van der Waals surface area contributed by atoms with Gasteiger partial charge >= 0.3 is 0 Å². The summed E-state index contributed by atoms with van der Waals surface area (Å²) < 4.78 is 1.78. The summed E-state index contributed by atoms with van der Waals surface area (Å²) in [6.07, 6.45) is 1.95. The first-order valence-electron chi connectivity index (χ1n) is 8.86. The van der Waals surface area contributed by atoms with Gasteiger partial charge in [-0.3, -0.25) is 14.3 Å². The lowest BCUT2D eigenvalue weighted by Gasteiger charge is -2.31. The van der Waals surface area contributed by atoms with Crippen molar-refractivity contribution in [2.45, 2.75) is 40.2 Å². The fourth-order valence-corrected chi connectivity index (χ4v) is 4.18. The minimum atomic E-state index is -0.0478. The van der Waals surface area contributed by atoms with Crippen molar-refractivity contribution in [3.8, 4) is 0 Å². The maximum atomic E-state index is 12.3. The predicted octanol–water partition coefficient (Wildman–Crippen LogP) is 2.68. The molecule has 2 aromatic heterocycles. The Morgan fingerprint density at radius 1 is 1.36 bits per heavy atom. The third-order valence-corrected chi connectivity index (χ3v) is 5.86. The Labute approximate surface area is 152 Å². The van der Waals surface area contributed by atoms with Crippen LogP contribution in [0.25, 0.3) is 10.2 Å². The molecule has 3 rings (SSSR count). The first-order valence-corrected chi connectivity index (χ1v) is 9.68. The Hall–Kier alpha value is -1.89. The van der Waals surface area contributed by atoms with E-state index in [1.54, 1.807) is 4.68 Å². The van der Waals surface area contributed by atoms with E-state index in [-0.39, 0.29) is 17.7 Å². The third-order valence-electron chi connectivity index (χ3n) is 4.66. The normalized spacial score (nSPS) is 19.9. The molecule has 0 saturated heterocycles. The van der Waals surface area contributed by atoms with Gasteiger partial charge in [-0.25, -0.2) is 0 Å². The molecule has 2 N–H and O–H groups in total. The van der Waals surface area contributed by atoms with E-state index in [2.05, 4.69) is 36.5 Å². The second-order valence-electron chi connectivity index (χ2n) is 7.49. The number of amides is 2. The Bertz CT molecular complexity index is 786. The van der Waals surface area contributed by atoms with Crippen molar-refractivity contribution in [1.82, 2.24) is 20.4 Å². The highest BCUT2D eigenvalue weighted by Crippen LogP contribution is 2.33. The molecule has 25 heavy (non-hydrogen) atoms. The van der Waals surface area contributed by atoms with Crippen molar-refractivity contribution in [3.63, 3.8) is 0 Å². The Morgan fingerprint density at radius 3 is 2.72 bits per heavy atom. The van der Waals surface area contributed by atoms with Gasteiger partial charge in [-0.2, -0.15) is 5.10 Å². The summed E-state index contributed by atoms with van der Waals surface area (Å²) in [5.41, 5.74) is 0.817. The molecule has 2 amide bonds. The number of nitrogens with zero attached hydrogens (tertiary/aromatic N) is 2. The minimum absolute atomic E-state index is 0.0478. The van der Waals surface area contributed by atoms with E-state index in [1.165, 1.54) is 11.3 Å². The van der Waals surface area contributed by atoms with Crippen LogP contribution in [0, 0.1) is 17.8 Å². The zero-order valence-corrected chi connectivity index (χ0v) is 16.1. The second kappa shape index (κ2) is 7.15. The number of hydrogen-bond acceptors (Lipinski definition) is 4. The molecule has 136 valence electrons. The van der Waals surface area contributed by atoms with Gasteiger partial charge in [0.1, 0.15) is 4.83 Å². The topological polar surface area (TPSA) is 76.0 Å². The summed E-state index contributed by atoms with van der Waals surface area (Å²) in [6, 6.07) is 1.88. The van der Waals surface area contributed by atoms with Gasteiger partial charge in [0.25, 0.3) is 5.91 Å². The summed E-state index contributed by atoms with van der Waals surface area (Å²) in [5, 5.41) is 11.4. The van der Waals surface area contributed by atoms with E-state index in [0.717, 1.165) is 28.8 Å². The zero-order valence-electron chi connectivity index (χ0n) is 15.3. The van der Waals surface area contributed by atoms with Crippen LogP contribution in [-0.2, 0) is 18.4 Å². The van der Waals surface area contributed by atoms with Crippen molar-refractivity contribution in [1.29, 1.82) is 0 Å². The number of aromatic nitrogens is 2. The van der Waals surface area contributed by atoms with Crippen LogP contribution in [0.1, 0.15) is 49.0 Å². The maximum Gasteiger partial charge on any atom is 0.261 e. The van der Waals surface area contributed by atoms with Gasteiger partial charge in [-0.1, -0.05) is 20.8 Å². The summed E-state index contributed by atoms with van der Waals surface area (Å²) in [6.45, 7) is 7.37. The van der Waals surface area contributed by atoms with Crippen molar-refractivity contribution < 1.29 is 9.59 Å². The average molecular weight is 362 g/mol. The monoisotopic (exact) mass is 362 g/mol. The van der Waals surface area contributed by atoms with Crippen LogP contribution in [0.5, 0.6) is 0 Å². The molecule has 1 aliphatic rings. The van der Waals surface area contributed by atoms with Crippen LogP contribution in [0.3, 0.4) is 0 Å². The molecule has 0 unspecified atom stereocenters. The highest BCUT2D eigenvalue weighted by Gasteiger charge is 2.31. The number of nitrogens with one attached hydrogen (secondary N) is 2. The van der Waals surface area contributed by atoms with Crippen LogP contribution >= 0.6 is 11.3 Å². The number of fused-ring (bicyclic) bond motifs is 1. The average Bonchev–Trinajstić information content (AvgIpc) is 3.08. The lowest BCUT2D eigenvalue weighted by Crippen LogP contribution is -2.37. The predicted molar refractivity (Wildman–Crippen MR) is 99.5 cm³/mol. The summed E-state index contributed by atoms with van der Waals surface area (Å²) >= 11 is 1.44. The molecule has 0 aliphatic heterocycles. The molecule has 7 heteroatoms. The second-order valence-corrected chi connectivity index (χ2v) is 8.53.